The van der Waals surface area contributed by atoms with Gasteiger partial charge in [-0.3, -0.25) is 4.79 Å². The lowest BCUT2D eigenvalue weighted by Crippen LogP contribution is -2.13. The predicted octanol–water partition coefficient (Wildman–Crippen LogP) is 3.79. The van der Waals surface area contributed by atoms with Gasteiger partial charge in [0.05, 0.1) is 7.11 Å². The van der Waals surface area contributed by atoms with Crippen LogP contribution in [0.1, 0.15) is 50.2 Å². The van der Waals surface area contributed by atoms with Gasteiger partial charge in [-0.2, -0.15) is 0 Å². The number of ketones is 1. The molecule has 0 unspecified atom stereocenters. The molecule has 0 aliphatic carbocycles. The van der Waals surface area contributed by atoms with E-state index in [1.807, 2.05) is 50.5 Å². The zero-order valence-corrected chi connectivity index (χ0v) is 15.7. The smallest absolute Gasteiger partial charge is 0.354 e. The maximum absolute atomic E-state index is 12.7. The molecule has 5 nitrogen and oxygen atoms in total. The van der Waals surface area contributed by atoms with Crippen molar-refractivity contribution in [1.82, 2.24) is 4.57 Å². The van der Waals surface area contributed by atoms with E-state index < -0.39 is 5.97 Å². The maximum atomic E-state index is 12.7. The van der Waals surface area contributed by atoms with Gasteiger partial charge in [0.2, 0.25) is 5.78 Å². The Kier molecular flexibility index (Phi) is 5.67. The zero-order valence-electron chi connectivity index (χ0n) is 15.7. The van der Waals surface area contributed by atoms with Crippen molar-refractivity contribution in [3.05, 3.63) is 51.8 Å². The van der Waals surface area contributed by atoms with Crippen LogP contribution >= 0.6 is 0 Å². The lowest BCUT2D eigenvalue weighted by molar-refractivity contribution is 0.0587. The first-order valence-corrected chi connectivity index (χ1v) is 8.33. The highest BCUT2D eigenvalue weighted by Crippen LogP contribution is 2.24. The summed E-state index contributed by atoms with van der Waals surface area (Å²) in [7, 11) is 1.34. The molecule has 0 amide bonds. The van der Waals surface area contributed by atoms with Gasteiger partial charge in [-0.25, -0.2) is 4.79 Å². The van der Waals surface area contributed by atoms with E-state index in [0.29, 0.717) is 29.1 Å². The Morgan fingerprint density at radius 1 is 1.08 bits per heavy atom. The van der Waals surface area contributed by atoms with Gasteiger partial charge in [-0.15, -0.1) is 0 Å². The minimum absolute atomic E-state index is 0.0709. The number of methoxy groups -OCH3 is 1. The van der Waals surface area contributed by atoms with Gasteiger partial charge in [0.1, 0.15) is 11.4 Å². The number of carbonyl (C=O) groups excluding carboxylic acids is 2. The van der Waals surface area contributed by atoms with Crippen LogP contribution in [-0.2, 0) is 11.3 Å². The van der Waals surface area contributed by atoms with Crippen LogP contribution in [0.25, 0.3) is 0 Å². The molecule has 1 heterocycles. The lowest BCUT2D eigenvalue weighted by Gasteiger charge is -2.09. The summed E-state index contributed by atoms with van der Waals surface area (Å²) in [6.07, 6.45) is 0. The molecular weight excluding hydrogens is 318 g/mol. The summed E-state index contributed by atoms with van der Waals surface area (Å²) >= 11 is 0. The molecule has 0 aliphatic rings. The van der Waals surface area contributed by atoms with Crippen molar-refractivity contribution in [2.75, 3.05) is 13.7 Å². The third-order valence-electron chi connectivity index (χ3n) is 4.59. The highest BCUT2D eigenvalue weighted by atomic mass is 16.5. The number of esters is 1. The zero-order chi connectivity index (χ0) is 18.7. The van der Waals surface area contributed by atoms with Crippen LogP contribution in [0.2, 0.25) is 0 Å². The molecule has 0 fully saturated rings. The van der Waals surface area contributed by atoms with Gasteiger partial charge in [0.25, 0.3) is 0 Å². The quantitative estimate of drug-likeness (QED) is 0.591. The van der Waals surface area contributed by atoms with E-state index in [1.165, 1.54) is 12.7 Å². The van der Waals surface area contributed by atoms with Crippen molar-refractivity contribution < 1.29 is 19.1 Å². The molecule has 134 valence electrons. The predicted molar refractivity (Wildman–Crippen MR) is 96.7 cm³/mol. The van der Waals surface area contributed by atoms with E-state index >= 15 is 0 Å². The Morgan fingerprint density at radius 2 is 1.76 bits per heavy atom. The average molecular weight is 343 g/mol. The number of carbonyl (C=O) groups is 2. The molecule has 0 atom stereocenters. The first kappa shape index (κ1) is 18.8. The van der Waals surface area contributed by atoms with E-state index in [9.17, 15) is 9.59 Å². The number of nitrogens with zero attached hydrogens (tertiary/aromatic N) is 1. The Labute approximate surface area is 148 Å². The lowest BCUT2D eigenvalue weighted by atomic mass is 10.1. The van der Waals surface area contributed by atoms with Gasteiger partial charge in [0, 0.05) is 17.8 Å². The second-order valence-corrected chi connectivity index (χ2v) is 6.13. The summed E-state index contributed by atoms with van der Waals surface area (Å²) in [4.78, 5) is 24.8. The van der Waals surface area contributed by atoms with E-state index in [4.69, 9.17) is 9.47 Å². The summed E-state index contributed by atoms with van der Waals surface area (Å²) in [5, 5.41) is 0. The van der Waals surface area contributed by atoms with Crippen molar-refractivity contribution in [3.63, 3.8) is 0 Å². The van der Waals surface area contributed by atoms with Crippen molar-refractivity contribution in [3.8, 4) is 5.75 Å². The molecular formula is C20H25NO4. The van der Waals surface area contributed by atoms with Crippen molar-refractivity contribution in [2.24, 2.45) is 0 Å². The molecule has 2 rings (SSSR count). The Morgan fingerprint density at radius 3 is 2.32 bits per heavy atom. The van der Waals surface area contributed by atoms with E-state index in [1.54, 1.807) is 6.92 Å². The molecule has 0 saturated heterocycles. The van der Waals surface area contributed by atoms with Gasteiger partial charge in [-0.1, -0.05) is 6.07 Å². The van der Waals surface area contributed by atoms with Crippen molar-refractivity contribution in [2.45, 2.75) is 41.2 Å². The number of rotatable bonds is 6. The number of ether oxygens (including phenoxy) is 2. The minimum atomic E-state index is -0.434. The van der Waals surface area contributed by atoms with Gasteiger partial charge >= 0.3 is 5.97 Å². The minimum Gasteiger partial charge on any atom is -0.485 e. The van der Waals surface area contributed by atoms with Crippen LogP contribution in [0.15, 0.2) is 18.2 Å². The number of hydrogen-bond donors (Lipinski definition) is 0. The Bertz CT molecular complexity index is 818. The Hall–Kier alpha value is -2.56. The van der Waals surface area contributed by atoms with Crippen molar-refractivity contribution >= 4 is 11.8 Å². The van der Waals surface area contributed by atoms with Crippen LogP contribution < -0.4 is 4.74 Å². The molecule has 0 saturated carbocycles. The van der Waals surface area contributed by atoms with E-state index in [-0.39, 0.29) is 12.4 Å². The molecule has 0 bridgehead atoms. The summed E-state index contributed by atoms with van der Waals surface area (Å²) < 4.78 is 12.3. The van der Waals surface area contributed by atoms with Gasteiger partial charge < -0.3 is 14.0 Å². The van der Waals surface area contributed by atoms with Crippen LogP contribution in [0.4, 0.5) is 0 Å². The largest absolute Gasteiger partial charge is 0.485 e. The number of aryl methyl sites for hydroxylation is 2. The standard InChI is InChI=1S/C20H25NO4/c1-7-21-15(5)18(14(4)19(21)20(23)24-6)17(22)11-25-16-9-8-12(2)13(3)10-16/h8-10H,7,11H2,1-6H3. The van der Waals surface area contributed by atoms with Gasteiger partial charge in [0.15, 0.2) is 6.61 Å². The summed E-state index contributed by atoms with van der Waals surface area (Å²) in [5.41, 5.74) is 4.65. The fourth-order valence-electron chi connectivity index (χ4n) is 3.09. The number of benzene rings is 1. The third kappa shape index (κ3) is 3.60. The topological polar surface area (TPSA) is 57.5 Å². The summed E-state index contributed by atoms with van der Waals surface area (Å²) in [6.45, 7) is 10.1. The molecule has 0 aliphatic heterocycles. The van der Waals surface area contributed by atoms with E-state index in [0.717, 1.165) is 11.3 Å². The average Bonchev–Trinajstić information content (AvgIpc) is 2.84. The van der Waals surface area contributed by atoms with Crippen LogP contribution in [-0.4, -0.2) is 30.0 Å². The molecule has 0 N–H and O–H groups in total. The Balaban J connectivity index is 2.28. The maximum Gasteiger partial charge on any atom is 0.354 e. The molecule has 0 radical (unpaired) electrons. The molecule has 25 heavy (non-hydrogen) atoms. The first-order chi connectivity index (χ1) is 11.8. The first-order valence-electron chi connectivity index (χ1n) is 8.33. The third-order valence-corrected chi connectivity index (χ3v) is 4.59. The number of hydrogen-bond acceptors (Lipinski definition) is 4. The second kappa shape index (κ2) is 7.55. The molecule has 5 heteroatoms. The van der Waals surface area contributed by atoms with E-state index in [2.05, 4.69) is 0 Å². The summed E-state index contributed by atoms with van der Waals surface area (Å²) in [6, 6.07) is 5.74. The molecule has 0 spiro atoms. The second-order valence-electron chi connectivity index (χ2n) is 6.13. The fourth-order valence-corrected chi connectivity index (χ4v) is 3.09. The van der Waals surface area contributed by atoms with Crippen LogP contribution in [0, 0.1) is 27.7 Å². The highest BCUT2D eigenvalue weighted by Gasteiger charge is 2.26. The van der Waals surface area contributed by atoms with Crippen molar-refractivity contribution in [1.29, 1.82) is 0 Å². The van der Waals surface area contributed by atoms with Crippen LogP contribution in [0.5, 0.6) is 5.75 Å². The molecule has 1 aromatic carbocycles. The highest BCUT2D eigenvalue weighted by molar-refractivity contribution is 6.03. The fraction of sp³-hybridized carbons (Fsp3) is 0.400. The molecule has 1 aromatic heterocycles. The normalized spacial score (nSPS) is 10.6. The van der Waals surface area contributed by atoms with Crippen LogP contribution in [0.3, 0.4) is 0 Å². The molecule has 2 aromatic rings. The monoisotopic (exact) mass is 343 g/mol. The summed E-state index contributed by atoms with van der Waals surface area (Å²) in [5.74, 6) is 0.0806. The SMILES string of the molecule is CCn1c(C)c(C(=O)COc2ccc(C)c(C)c2)c(C)c1C(=O)OC. The number of aromatic nitrogens is 1. The van der Waals surface area contributed by atoms with Gasteiger partial charge in [-0.05, 0) is 63.4 Å². The number of Topliss-reactive ketones (excluding diaryl/α,β-unsaturated/α-hetero) is 1.